The van der Waals surface area contributed by atoms with Crippen molar-refractivity contribution in [3.05, 3.63) is 33.8 Å². The predicted octanol–water partition coefficient (Wildman–Crippen LogP) is 2.93. The molecule has 16 heavy (non-hydrogen) atoms. The molecule has 0 spiro atoms. The fraction of sp³-hybridized carbons (Fsp3) is 0.300. The van der Waals surface area contributed by atoms with Crippen LogP contribution in [-0.2, 0) is 4.79 Å². The lowest BCUT2D eigenvalue weighted by Crippen LogP contribution is -2.17. The number of carboxylic acid groups (broad SMARTS) is 1. The molecular formula is C10H12Cl3NO2. The van der Waals surface area contributed by atoms with E-state index in [1.54, 1.807) is 18.2 Å². The first kappa shape index (κ1) is 15.5. The van der Waals surface area contributed by atoms with E-state index in [-0.39, 0.29) is 31.3 Å². The fourth-order valence-electron chi connectivity index (χ4n) is 1.41. The number of aliphatic carboxylic acids is 1. The molecule has 1 unspecified atom stereocenters. The molecule has 6 heteroatoms. The van der Waals surface area contributed by atoms with E-state index in [0.717, 1.165) is 0 Å². The average Bonchev–Trinajstić information content (AvgIpc) is 2.15. The smallest absolute Gasteiger partial charge is 0.304 e. The minimum Gasteiger partial charge on any atom is -0.481 e. The zero-order chi connectivity index (χ0) is 11.4. The van der Waals surface area contributed by atoms with Crippen LogP contribution in [0.5, 0.6) is 0 Å². The van der Waals surface area contributed by atoms with Crippen LogP contribution in [0.3, 0.4) is 0 Å². The SMILES string of the molecule is Cl.NCC(CC(=O)O)c1c(Cl)cccc1Cl. The molecule has 1 aromatic rings. The number of carbonyl (C=O) groups is 1. The summed E-state index contributed by atoms with van der Waals surface area (Å²) in [6.45, 7) is 0.204. The number of hydrogen-bond donors (Lipinski definition) is 2. The topological polar surface area (TPSA) is 63.3 Å². The van der Waals surface area contributed by atoms with Crippen LogP contribution < -0.4 is 5.73 Å². The quantitative estimate of drug-likeness (QED) is 0.893. The van der Waals surface area contributed by atoms with Crippen molar-refractivity contribution >= 4 is 41.6 Å². The second-order valence-electron chi connectivity index (χ2n) is 3.17. The third-order valence-corrected chi connectivity index (χ3v) is 2.77. The molecule has 0 aliphatic carbocycles. The van der Waals surface area contributed by atoms with Crippen molar-refractivity contribution < 1.29 is 9.90 Å². The molecule has 3 nitrogen and oxygen atoms in total. The van der Waals surface area contributed by atoms with Crippen LogP contribution in [-0.4, -0.2) is 17.6 Å². The van der Waals surface area contributed by atoms with Gasteiger partial charge in [0.1, 0.15) is 0 Å². The zero-order valence-corrected chi connectivity index (χ0v) is 10.6. The molecule has 1 rings (SSSR count). The summed E-state index contributed by atoms with van der Waals surface area (Å²) in [5, 5.41) is 9.63. The minimum atomic E-state index is -0.915. The highest BCUT2D eigenvalue weighted by molar-refractivity contribution is 6.36. The number of rotatable bonds is 4. The second-order valence-corrected chi connectivity index (χ2v) is 3.98. The Morgan fingerprint density at radius 2 is 1.88 bits per heavy atom. The van der Waals surface area contributed by atoms with E-state index < -0.39 is 5.97 Å². The summed E-state index contributed by atoms with van der Waals surface area (Å²) >= 11 is 11.9. The van der Waals surface area contributed by atoms with Crippen LogP contribution in [0, 0.1) is 0 Å². The van der Waals surface area contributed by atoms with Gasteiger partial charge < -0.3 is 10.8 Å². The molecule has 3 N–H and O–H groups in total. The fourth-order valence-corrected chi connectivity index (χ4v) is 2.12. The van der Waals surface area contributed by atoms with Gasteiger partial charge in [0.25, 0.3) is 0 Å². The van der Waals surface area contributed by atoms with Gasteiger partial charge in [0.2, 0.25) is 0 Å². The van der Waals surface area contributed by atoms with Gasteiger partial charge in [-0.1, -0.05) is 29.3 Å². The normalized spacial score (nSPS) is 11.7. The van der Waals surface area contributed by atoms with Crippen molar-refractivity contribution in [2.45, 2.75) is 12.3 Å². The van der Waals surface area contributed by atoms with E-state index in [2.05, 4.69) is 0 Å². The Balaban J connectivity index is 0.00000225. The third-order valence-electron chi connectivity index (χ3n) is 2.11. The van der Waals surface area contributed by atoms with Crippen LogP contribution in [0.15, 0.2) is 18.2 Å². The van der Waals surface area contributed by atoms with E-state index in [9.17, 15) is 4.79 Å². The molecule has 0 aliphatic rings. The van der Waals surface area contributed by atoms with Crippen molar-refractivity contribution in [2.24, 2.45) is 5.73 Å². The van der Waals surface area contributed by atoms with Crippen molar-refractivity contribution in [3.63, 3.8) is 0 Å². The number of halogens is 3. The highest BCUT2D eigenvalue weighted by Gasteiger charge is 2.19. The summed E-state index contributed by atoms with van der Waals surface area (Å²) in [5.74, 6) is -1.26. The Kier molecular flexibility index (Phi) is 6.76. The van der Waals surface area contributed by atoms with Crippen LogP contribution in [0.1, 0.15) is 17.9 Å². The van der Waals surface area contributed by atoms with Gasteiger partial charge in [-0.2, -0.15) is 0 Å². The maximum absolute atomic E-state index is 10.6. The molecule has 1 aromatic carbocycles. The van der Waals surface area contributed by atoms with Crippen molar-refractivity contribution in [3.8, 4) is 0 Å². The molecule has 0 aliphatic heterocycles. The van der Waals surface area contributed by atoms with Gasteiger partial charge in [0.15, 0.2) is 0 Å². The lowest BCUT2D eigenvalue weighted by molar-refractivity contribution is -0.137. The van der Waals surface area contributed by atoms with Gasteiger partial charge >= 0.3 is 5.97 Å². The van der Waals surface area contributed by atoms with E-state index in [0.29, 0.717) is 15.6 Å². The molecule has 0 amide bonds. The summed E-state index contributed by atoms with van der Waals surface area (Å²) < 4.78 is 0. The molecule has 0 heterocycles. The van der Waals surface area contributed by atoms with Gasteiger partial charge in [0, 0.05) is 16.0 Å². The van der Waals surface area contributed by atoms with Gasteiger partial charge in [-0.05, 0) is 24.2 Å². The first-order chi connectivity index (χ1) is 7.06. The van der Waals surface area contributed by atoms with E-state index in [1.165, 1.54) is 0 Å². The molecule has 90 valence electrons. The molecule has 0 aromatic heterocycles. The Morgan fingerprint density at radius 3 is 2.25 bits per heavy atom. The number of nitrogens with two attached hydrogens (primary N) is 1. The van der Waals surface area contributed by atoms with Crippen molar-refractivity contribution in [2.75, 3.05) is 6.54 Å². The predicted molar refractivity (Wildman–Crippen MR) is 67.8 cm³/mol. The first-order valence-corrected chi connectivity index (χ1v) is 5.17. The van der Waals surface area contributed by atoms with E-state index in [4.69, 9.17) is 34.0 Å². The molecule has 0 saturated heterocycles. The van der Waals surface area contributed by atoms with Crippen LogP contribution in [0.4, 0.5) is 0 Å². The lowest BCUT2D eigenvalue weighted by Gasteiger charge is -2.15. The highest BCUT2D eigenvalue weighted by Crippen LogP contribution is 2.32. The van der Waals surface area contributed by atoms with Gasteiger partial charge in [-0.15, -0.1) is 12.4 Å². The molecule has 0 bridgehead atoms. The maximum Gasteiger partial charge on any atom is 0.304 e. The van der Waals surface area contributed by atoms with Gasteiger partial charge in [-0.25, -0.2) is 0 Å². The molecule has 0 saturated carbocycles. The minimum absolute atomic E-state index is 0. The second kappa shape index (κ2) is 6.97. The monoisotopic (exact) mass is 283 g/mol. The number of carboxylic acids is 1. The Bertz CT molecular complexity index is 351. The molecule has 0 fully saturated rings. The summed E-state index contributed by atoms with van der Waals surface area (Å²) in [6, 6.07) is 5.06. The Morgan fingerprint density at radius 1 is 1.38 bits per heavy atom. The number of benzene rings is 1. The maximum atomic E-state index is 10.6. The summed E-state index contributed by atoms with van der Waals surface area (Å²) in [4.78, 5) is 10.6. The lowest BCUT2D eigenvalue weighted by atomic mass is 9.96. The van der Waals surface area contributed by atoms with Crippen LogP contribution >= 0.6 is 35.6 Å². The summed E-state index contributed by atoms with van der Waals surface area (Å²) in [5.41, 5.74) is 6.13. The summed E-state index contributed by atoms with van der Waals surface area (Å²) in [7, 11) is 0. The third kappa shape index (κ3) is 3.83. The highest BCUT2D eigenvalue weighted by atomic mass is 35.5. The molecule has 1 atom stereocenters. The Labute approximate surface area is 110 Å². The van der Waals surface area contributed by atoms with Gasteiger partial charge in [0.05, 0.1) is 6.42 Å². The Hall–Kier alpha value is -0.480. The summed E-state index contributed by atoms with van der Waals surface area (Å²) in [6.07, 6.45) is -0.0695. The van der Waals surface area contributed by atoms with Crippen molar-refractivity contribution in [1.29, 1.82) is 0 Å². The largest absolute Gasteiger partial charge is 0.481 e. The first-order valence-electron chi connectivity index (χ1n) is 4.42. The van der Waals surface area contributed by atoms with E-state index >= 15 is 0 Å². The average molecular weight is 285 g/mol. The number of hydrogen-bond acceptors (Lipinski definition) is 2. The molecular weight excluding hydrogens is 272 g/mol. The van der Waals surface area contributed by atoms with Crippen LogP contribution in [0.25, 0.3) is 0 Å². The standard InChI is InChI=1S/C10H11Cl2NO2.ClH/c11-7-2-1-3-8(12)10(7)6(5-13)4-9(14)15;/h1-3,6H,4-5,13H2,(H,14,15);1H. The van der Waals surface area contributed by atoms with Crippen molar-refractivity contribution in [1.82, 2.24) is 0 Å². The zero-order valence-electron chi connectivity index (χ0n) is 8.32. The van der Waals surface area contributed by atoms with Gasteiger partial charge in [-0.3, -0.25) is 4.79 Å². The van der Waals surface area contributed by atoms with E-state index in [1.807, 2.05) is 0 Å². The molecule has 0 radical (unpaired) electrons. The van der Waals surface area contributed by atoms with Crippen LogP contribution in [0.2, 0.25) is 10.0 Å².